The number of carbonyl (C=O) groups is 1. The lowest BCUT2D eigenvalue weighted by molar-refractivity contribution is -0.256. The summed E-state index contributed by atoms with van der Waals surface area (Å²) in [5, 5.41) is 26.7. The van der Waals surface area contributed by atoms with E-state index >= 15 is 0 Å². The van der Waals surface area contributed by atoms with Crippen molar-refractivity contribution in [2.24, 2.45) is 22.9 Å². The average molecular weight is 869 g/mol. The number of hydrogen-bond acceptors (Lipinski definition) is 9. The van der Waals surface area contributed by atoms with Crippen molar-refractivity contribution in [2.75, 3.05) is 38.9 Å². The number of halogens is 2. The first kappa shape index (κ1) is 45.1. The molecule has 0 unspecified atom stereocenters. The van der Waals surface area contributed by atoms with Gasteiger partial charge in [0, 0.05) is 36.7 Å². The van der Waals surface area contributed by atoms with Crippen LogP contribution >= 0.6 is 11.6 Å². The first-order valence-electron chi connectivity index (χ1n) is 21.9. The van der Waals surface area contributed by atoms with Gasteiger partial charge in [0.05, 0.1) is 30.7 Å². The minimum Gasteiger partial charge on any atom is -0.489 e. The minimum atomic E-state index is -1.49. The summed E-state index contributed by atoms with van der Waals surface area (Å²) in [5.41, 5.74) is 3.84. The van der Waals surface area contributed by atoms with Crippen molar-refractivity contribution < 1.29 is 43.2 Å². The second-order valence-corrected chi connectivity index (χ2v) is 16.5. The van der Waals surface area contributed by atoms with Crippen LogP contribution in [-0.4, -0.2) is 77.7 Å². The zero-order valence-electron chi connectivity index (χ0n) is 35.4. The van der Waals surface area contributed by atoms with E-state index < -0.39 is 23.8 Å². The molecule has 3 aliphatic rings. The maximum atomic E-state index is 14.8. The Morgan fingerprint density at radius 3 is 2.53 bits per heavy atom. The fraction of sp³-hybridized carbons (Fsp3) is 0.440. The van der Waals surface area contributed by atoms with Gasteiger partial charge in [-0.05, 0) is 90.6 Å². The predicted molar refractivity (Wildman–Crippen MR) is 239 cm³/mol. The molecule has 10 nitrogen and oxygen atoms in total. The van der Waals surface area contributed by atoms with Crippen LogP contribution in [0.5, 0.6) is 11.5 Å². The molecule has 0 radical (unpaired) electrons. The van der Waals surface area contributed by atoms with Crippen LogP contribution in [-0.2, 0) is 27.5 Å². The number of aliphatic hydroxyl groups excluding tert-OH is 2. The summed E-state index contributed by atoms with van der Waals surface area (Å²) < 4.78 is 41.4. The van der Waals surface area contributed by atoms with E-state index in [-0.39, 0.29) is 75.5 Å². The molecular weight excluding hydrogens is 811 g/mol. The minimum absolute atomic E-state index is 0.00143. The summed E-state index contributed by atoms with van der Waals surface area (Å²) in [6, 6.07) is 25.6. The van der Waals surface area contributed by atoms with Crippen LogP contribution < -0.4 is 9.47 Å². The highest BCUT2D eigenvalue weighted by Gasteiger charge is 2.65. The van der Waals surface area contributed by atoms with Gasteiger partial charge in [0.15, 0.2) is 0 Å². The largest absolute Gasteiger partial charge is 0.489 e. The first-order chi connectivity index (χ1) is 30.4. The quantitative estimate of drug-likeness (QED) is 0.0368. The van der Waals surface area contributed by atoms with E-state index in [2.05, 4.69) is 12.7 Å². The third-order valence-electron chi connectivity index (χ3n) is 12.4. The number of amides is 1. The van der Waals surface area contributed by atoms with E-state index in [9.17, 15) is 19.4 Å². The first-order valence-corrected chi connectivity index (χ1v) is 22.4. The lowest BCUT2D eigenvalue weighted by Gasteiger charge is -2.59. The molecule has 1 aliphatic heterocycles. The molecule has 4 aromatic carbocycles. The number of unbranched alkanes of at least 4 members (excludes halogenated alkanes) is 2. The van der Waals surface area contributed by atoms with Gasteiger partial charge in [0.1, 0.15) is 43.2 Å². The van der Waals surface area contributed by atoms with E-state index in [1.165, 1.54) is 6.07 Å². The SMILES string of the molecule is C=CCO[C@@]12Oc3ccc(OCc4ccccc4F)cc3[C@H]3[C@H](CCCCO)[C@@H](CCCCO)C=C(C(=NOCC)C[C@@H]1N(Cc1cccc4ccccc14)C(=O)OCCCl)[C@H]32. The Morgan fingerprint density at radius 1 is 1.00 bits per heavy atom. The Morgan fingerprint density at radius 2 is 1.76 bits per heavy atom. The Hall–Kier alpha value is -4.94. The Labute approximate surface area is 368 Å². The van der Waals surface area contributed by atoms with Crippen molar-refractivity contribution in [3.63, 3.8) is 0 Å². The molecule has 6 atom stereocenters. The van der Waals surface area contributed by atoms with E-state index in [4.69, 9.17) is 40.5 Å². The molecule has 1 amide bonds. The van der Waals surface area contributed by atoms with Gasteiger partial charge in [-0.3, -0.25) is 4.90 Å². The Bertz CT molecular complexity index is 2210. The molecule has 0 spiro atoms. The van der Waals surface area contributed by atoms with Gasteiger partial charge in [-0.1, -0.05) is 90.8 Å². The predicted octanol–water partition coefficient (Wildman–Crippen LogP) is 10.1. The van der Waals surface area contributed by atoms with Crippen molar-refractivity contribution >= 4 is 34.2 Å². The number of carbonyl (C=O) groups excluding carboxylic acids is 1. The van der Waals surface area contributed by atoms with Gasteiger partial charge >= 0.3 is 6.09 Å². The number of alkyl halides is 1. The van der Waals surface area contributed by atoms with Crippen LogP contribution in [0.2, 0.25) is 0 Å². The second-order valence-electron chi connectivity index (χ2n) is 16.1. The molecule has 2 aliphatic carbocycles. The summed E-state index contributed by atoms with van der Waals surface area (Å²) in [5.74, 6) is -1.34. The van der Waals surface area contributed by atoms with Crippen LogP contribution in [0, 0.1) is 23.6 Å². The Kier molecular flexibility index (Phi) is 15.6. The molecule has 62 heavy (non-hydrogen) atoms. The third kappa shape index (κ3) is 9.66. The van der Waals surface area contributed by atoms with E-state index in [1.807, 2.05) is 67.6 Å². The van der Waals surface area contributed by atoms with Gasteiger partial charge in [-0.25, -0.2) is 9.18 Å². The number of aliphatic hydroxyl groups is 2. The summed E-state index contributed by atoms with van der Waals surface area (Å²) in [6.45, 7) is 6.70. The number of fused-ring (bicyclic) bond motifs is 3. The topological polar surface area (TPSA) is 119 Å². The van der Waals surface area contributed by atoms with Crippen LogP contribution in [0.4, 0.5) is 9.18 Å². The highest BCUT2D eigenvalue weighted by Crippen LogP contribution is 2.62. The van der Waals surface area contributed by atoms with Crippen molar-refractivity contribution in [1.29, 1.82) is 0 Å². The summed E-state index contributed by atoms with van der Waals surface area (Å²) in [4.78, 5) is 22.3. The van der Waals surface area contributed by atoms with Crippen LogP contribution in [0.25, 0.3) is 10.8 Å². The highest BCUT2D eigenvalue weighted by atomic mass is 35.5. The molecule has 330 valence electrons. The van der Waals surface area contributed by atoms with Gasteiger partial charge in [0.25, 0.3) is 0 Å². The molecule has 12 heteroatoms. The zero-order valence-corrected chi connectivity index (χ0v) is 36.2. The fourth-order valence-corrected chi connectivity index (χ4v) is 9.86. The number of oxime groups is 1. The molecule has 4 aromatic rings. The summed E-state index contributed by atoms with van der Waals surface area (Å²) in [7, 11) is 0. The molecule has 1 saturated carbocycles. The monoisotopic (exact) mass is 868 g/mol. The van der Waals surface area contributed by atoms with Crippen molar-refractivity contribution in [2.45, 2.75) is 82.8 Å². The van der Waals surface area contributed by atoms with E-state index in [1.54, 1.807) is 29.2 Å². The molecule has 1 fully saturated rings. The molecule has 0 aromatic heterocycles. The van der Waals surface area contributed by atoms with Gasteiger partial charge in [0.2, 0.25) is 5.79 Å². The lowest BCUT2D eigenvalue weighted by Crippen LogP contribution is -2.70. The fourth-order valence-electron chi connectivity index (χ4n) is 9.78. The zero-order chi connectivity index (χ0) is 43.5. The number of benzene rings is 4. The number of nitrogens with zero attached hydrogens (tertiary/aromatic N) is 2. The van der Waals surface area contributed by atoms with Gasteiger partial charge < -0.3 is 34.0 Å². The molecule has 7 rings (SSSR count). The average Bonchev–Trinajstić information content (AvgIpc) is 3.29. The van der Waals surface area contributed by atoms with E-state index in [0.717, 1.165) is 53.2 Å². The van der Waals surface area contributed by atoms with E-state index in [0.29, 0.717) is 42.2 Å². The van der Waals surface area contributed by atoms with Crippen LogP contribution in [0.15, 0.2) is 114 Å². The number of hydrogen-bond donors (Lipinski definition) is 2. The standard InChI is InChI=1S/C50H58ClFN2O8/c1-3-27-60-50-46(54(49(57)58-28-24-51)32-36-18-13-17-34-14-5-7-19-39(34)36)31-44(53-61-4-2)41-29-35(15-9-11-25-55)40(20-10-12-26-56)47(48(41)50)42-30-38(22-23-45(42)62-50)59-33-37-16-6-8-21-43(37)52/h3,5-8,13-14,16-19,21-23,29-30,35,40,46-48,55-56H,1,4,9-12,15,20,24-28,31-33H2,2H3/t35-,40+,46-,47+,48+,50+/m0/s1. The lowest BCUT2D eigenvalue weighted by atomic mass is 9.55. The molecule has 2 N–H and O–H groups in total. The highest BCUT2D eigenvalue weighted by molar-refractivity contribution is 6.18. The summed E-state index contributed by atoms with van der Waals surface area (Å²) in [6.07, 6.45) is 8.07. The molecular formula is C50H58ClFN2O8. The maximum absolute atomic E-state index is 14.8. The number of ether oxygens (including phenoxy) is 4. The van der Waals surface area contributed by atoms with Gasteiger partial charge in [-0.15, -0.1) is 18.2 Å². The van der Waals surface area contributed by atoms with Crippen LogP contribution in [0.3, 0.4) is 0 Å². The van der Waals surface area contributed by atoms with Crippen molar-refractivity contribution in [3.05, 3.63) is 132 Å². The summed E-state index contributed by atoms with van der Waals surface area (Å²) >= 11 is 6.13. The number of allylic oxidation sites excluding steroid dienone is 1. The Balaban J connectivity index is 1.44. The molecule has 1 heterocycles. The maximum Gasteiger partial charge on any atom is 0.410 e. The van der Waals surface area contributed by atoms with Crippen LogP contribution in [0.1, 0.15) is 74.5 Å². The third-order valence-corrected chi connectivity index (χ3v) is 12.6. The van der Waals surface area contributed by atoms with Crippen molar-refractivity contribution in [1.82, 2.24) is 4.90 Å². The molecule has 0 bridgehead atoms. The van der Waals surface area contributed by atoms with Crippen molar-refractivity contribution in [3.8, 4) is 11.5 Å². The van der Waals surface area contributed by atoms with Gasteiger partial charge in [-0.2, -0.15) is 0 Å². The normalized spacial score (nSPS) is 23.1. The second kappa shape index (κ2) is 21.4. The molecule has 0 saturated heterocycles. The smallest absolute Gasteiger partial charge is 0.410 e. The number of rotatable bonds is 21.